The largest absolute Gasteiger partial charge is 0.299 e. The molecule has 0 radical (unpaired) electrons. The molecule has 2 nitrogen and oxygen atoms in total. The number of Topliss-reactive ketones (excluding diaryl/α,β-unsaturated/α-hetero) is 1. The maximum absolute atomic E-state index is 9.68. The lowest BCUT2D eigenvalue weighted by Gasteiger charge is -1.69. The van der Waals surface area contributed by atoms with Gasteiger partial charge in [0.1, 0.15) is 5.78 Å². The summed E-state index contributed by atoms with van der Waals surface area (Å²) in [4.78, 5) is 12.6. The fourth-order valence-electron chi connectivity index (χ4n) is 0.342. The van der Waals surface area contributed by atoms with Crippen molar-refractivity contribution in [3.05, 3.63) is 30.6 Å². The molecule has 0 fully saturated rings. The highest BCUT2D eigenvalue weighted by Crippen LogP contribution is 1.71. The lowest BCUT2D eigenvalue weighted by atomic mass is 10.5. The number of pyridine rings is 1. The number of alkyl halides is 1. The number of aromatic amines is 1. The monoisotopic (exact) mass is 172 g/mol. The number of H-pyrrole nitrogens is 1. The fraction of sp³-hybridized carbons (Fsp3) is 0.250. The van der Waals surface area contributed by atoms with Gasteiger partial charge in [-0.3, -0.25) is 4.79 Å². The number of hydrogen-bond acceptors (Lipinski definition) is 1. The van der Waals surface area contributed by atoms with E-state index < -0.39 is 0 Å². The molecule has 1 aromatic heterocycles. The first-order chi connectivity index (χ1) is 5.27. The van der Waals surface area contributed by atoms with Crippen molar-refractivity contribution in [1.29, 1.82) is 0 Å². The van der Waals surface area contributed by atoms with Crippen LogP contribution in [0.15, 0.2) is 30.6 Å². The molecule has 0 saturated heterocycles. The van der Waals surface area contributed by atoms with Crippen LogP contribution in [0.5, 0.6) is 0 Å². The summed E-state index contributed by atoms with van der Waals surface area (Å²) in [5.74, 6) is 0.159. The number of carbonyl (C=O) groups excluding carboxylic acids is 1. The summed E-state index contributed by atoms with van der Waals surface area (Å²) in [6.45, 7) is 1.45. The molecule has 1 heterocycles. The summed E-state index contributed by atoms with van der Waals surface area (Å²) < 4.78 is 0. The van der Waals surface area contributed by atoms with Crippen LogP contribution in [0.1, 0.15) is 6.92 Å². The molecule has 0 bridgehead atoms. The van der Waals surface area contributed by atoms with E-state index in [9.17, 15) is 4.79 Å². The molecule has 0 amide bonds. The van der Waals surface area contributed by atoms with Crippen LogP contribution in [-0.4, -0.2) is 11.7 Å². The molecule has 0 aliphatic rings. The Balaban J connectivity index is 0.000000187. The van der Waals surface area contributed by atoms with Crippen molar-refractivity contribution < 1.29 is 9.78 Å². The third kappa shape index (κ3) is 9.11. The molecule has 0 aromatic carbocycles. The zero-order valence-electron chi connectivity index (χ0n) is 6.38. The predicted molar refractivity (Wildman–Crippen MR) is 44.4 cm³/mol. The minimum atomic E-state index is 0.0201. The topological polar surface area (TPSA) is 31.2 Å². The molecule has 0 aliphatic heterocycles. The number of ketones is 1. The fourth-order valence-corrected chi connectivity index (χ4v) is 0.342. The summed E-state index contributed by atoms with van der Waals surface area (Å²) in [7, 11) is 0. The van der Waals surface area contributed by atoms with E-state index in [-0.39, 0.29) is 11.7 Å². The van der Waals surface area contributed by atoms with Crippen molar-refractivity contribution in [3.8, 4) is 0 Å². The van der Waals surface area contributed by atoms with Crippen molar-refractivity contribution in [1.82, 2.24) is 0 Å². The molecule has 0 spiro atoms. The van der Waals surface area contributed by atoms with Gasteiger partial charge in [-0.05, 0) is 6.92 Å². The predicted octanol–water partition coefficient (Wildman–Crippen LogP) is 1.31. The van der Waals surface area contributed by atoms with Gasteiger partial charge in [0.25, 0.3) is 0 Å². The van der Waals surface area contributed by atoms with E-state index in [0.717, 1.165) is 0 Å². The van der Waals surface area contributed by atoms with E-state index in [1.807, 2.05) is 30.6 Å². The zero-order valence-corrected chi connectivity index (χ0v) is 7.14. The third-order valence-electron chi connectivity index (χ3n) is 0.795. The molecule has 0 saturated carbocycles. The molecule has 11 heavy (non-hydrogen) atoms. The summed E-state index contributed by atoms with van der Waals surface area (Å²) in [5, 5.41) is 0. The minimum Gasteiger partial charge on any atom is -0.299 e. The van der Waals surface area contributed by atoms with Crippen LogP contribution in [0.25, 0.3) is 0 Å². The Hall–Kier alpha value is -0.890. The van der Waals surface area contributed by atoms with Crippen LogP contribution in [-0.2, 0) is 4.79 Å². The van der Waals surface area contributed by atoms with Gasteiger partial charge in [0.2, 0.25) is 0 Å². The SMILES string of the molecule is CC(=O)CCl.c1cc[nH+]cc1. The molecular formula is C8H11ClNO+. The number of nitrogens with one attached hydrogen (secondary N) is 1. The molecule has 1 aromatic rings. The summed E-state index contributed by atoms with van der Waals surface area (Å²) in [6.07, 6.45) is 3.75. The van der Waals surface area contributed by atoms with Crippen LogP contribution in [0.3, 0.4) is 0 Å². The van der Waals surface area contributed by atoms with Gasteiger partial charge in [-0.2, -0.15) is 0 Å². The van der Waals surface area contributed by atoms with Crippen molar-refractivity contribution in [2.45, 2.75) is 6.92 Å². The van der Waals surface area contributed by atoms with Crippen LogP contribution >= 0.6 is 11.6 Å². The molecule has 0 aliphatic carbocycles. The van der Waals surface area contributed by atoms with E-state index in [1.54, 1.807) is 0 Å². The lowest BCUT2D eigenvalue weighted by Crippen LogP contribution is -1.93. The Morgan fingerprint density at radius 3 is 1.91 bits per heavy atom. The normalized spacial score (nSPS) is 7.82. The third-order valence-corrected chi connectivity index (χ3v) is 1.17. The van der Waals surface area contributed by atoms with Crippen molar-refractivity contribution >= 4 is 17.4 Å². The van der Waals surface area contributed by atoms with Gasteiger partial charge >= 0.3 is 0 Å². The second-order valence-corrected chi connectivity index (χ2v) is 2.18. The Morgan fingerprint density at radius 1 is 1.36 bits per heavy atom. The number of hydrogen-bond donors (Lipinski definition) is 0. The van der Waals surface area contributed by atoms with Gasteiger partial charge < -0.3 is 0 Å². The Bertz CT molecular complexity index is 162. The highest BCUT2D eigenvalue weighted by atomic mass is 35.5. The second-order valence-electron chi connectivity index (χ2n) is 1.91. The average Bonchev–Trinajstić information content (AvgIpc) is 2.09. The molecule has 0 atom stereocenters. The summed E-state index contributed by atoms with van der Waals surface area (Å²) in [6, 6.07) is 5.86. The van der Waals surface area contributed by atoms with E-state index in [2.05, 4.69) is 4.98 Å². The second kappa shape index (κ2) is 7.22. The van der Waals surface area contributed by atoms with Gasteiger partial charge in [0, 0.05) is 12.1 Å². The molecule has 3 heteroatoms. The Kier molecular flexibility index (Phi) is 6.64. The first-order valence-electron chi connectivity index (χ1n) is 3.24. The van der Waals surface area contributed by atoms with Gasteiger partial charge in [0.05, 0.1) is 5.88 Å². The highest BCUT2D eigenvalue weighted by Gasteiger charge is 1.79. The van der Waals surface area contributed by atoms with Crippen LogP contribution in [0, 0.1) is 0 Å². The van der Waals surface area contributed by atoms with Crippen molar-refractivity contribution in [2.75, 3.05) is 5.88 Å². The summed E-state index contributed by atoms with van der Waals surface area (Å²) in [5.41, 5.74) is 0. The van der Waals surface area contributed by atoms with Crippen LogP contribution in [0.4, 0.5) is 0 Å². The smallest absolute Gasteiger partial charge is 0.166 e. The maximum atomic E-state index is 9.68. The zero-order chi connectivity index (χ0) is 8.53. The van der Waals surface area contributed by atoms with E-state index in [0.29, 0.717) is 0 Å². The van der Waals surface area contributed by atoms with Crippen molar-refractivity contribution in [2.24, 2.45) is 0 Å². The highest BCUT2D eigenvalue weighted by molar-refractivity contribution is 6.27. The molecule has 0 unspecified atom stereocenters. The molecule has 1 rings (SSSR count). The molecule has 60 valence electrons. The van der Waals surface area contributed by atoms with Gasteiger partial charge in [-0.25, -0.2) is 4.98 Å². The Labute approximate surface area is 71.2 Å². The molecular weight excluding hydrogens is 162 g/mol. The van der Waals surface area contributed by atoms with E-state index in [1.165, 1.54) is 6.92 Å². The van der Waals surface area contributed by atoms with Crippen LogP contribution in [0.2, 0.25) is 0 Å². The summed E-state index contributed by atoms with van der Waals surface area (Å²) >= 11 is 4.99. The average molecular weight is 173 g/mol. The van der Waals surface area contributed by atoms with Gasteiger partial charge in [-0.1, -0.05) is 6.07 Å². The van der Waals surface area contributed by atoms with Gasteiger partial charge in [0.15, 0.2) is 12.4 Å². The first-order valence-corrected chi connectivity index (χ1v) is 3.77. The number of halogens is 1. The number of carbonyl (C=O) groups is 1. The molecule has 1 N–H and O–H groups in total. The quantitative estimate of drug-likeness (QED) is 0.588. The minimum absolute atomic E-state index is 0.0201. The van der Waals surface area contributed by atoms with Gasteiger partial charge in [-0.15, -0.1) is 11.6 Å². The Morgan fingerprint density at radius 2 is 1.82 bits per heavy atom. The number of rotatable bonds is 1. The maximum Gasteiger partial charge on any atom is 0.166 e. The standard InChI is InChI=1S/C5H5N.C3H5ClO/c1-2-4-6-5-3-1;1-3(5)2-4/h1-5H;2H2,1H3/p+1. The lowest BCUT2D eigenvalue weighted by molar-refractivity contribution is -0.377. The van der Waals surface area contributed by atoms with Crippen molar-refractivity contribution in [3.63, 3.8) is 0 Å². The first kappa shape index (κ1) is 10.1. The van der Waals surface area contributed by atoms with E-state index >= 15 is 0 Å². The van der Waals surface area contributed by atoms with E-state index in [4.69, 9.17) is 11.6 Å². The number of aromatic nitrogens is 1. The van der Waals surface area contributed by atoms with Crippen LogP contribution < -0.4 is 4.98 Å².